The minimum absolute atomic E-state index is 0.0671. The molecule has 2 aromatic rings. The monoisotopic (exact) mass is 352 g/mol. The summed E-state index contributed by atoms with van der Waals surface area (Å²) in [5.41, 5.74) is 1.37. The fraction of sp³-hybridized carbons (Fsp3) is 0.200. The smallest absolute Gasteiger partial charge is 0.262 e. The van der Waals surface area contributed by atoms with Crippen molar-refractivity contribution in [2.24, 2.45) is 0 Å². The van der Waals surface area contributed by atoms with Crippen LogP contribution in [-0.4, -0.2) is 25.2 Å². The summed E-state index contributed by atoms with van der Waals surface area (Å²) in [7, 11) is 2.81. The Kier molecular flexibility index (Phi) is 6.23. The van der Waals surface area contributed by atoms with Gasteiger partial charge in [-0.2, -0.15) is 5.26 Å². The Bertz CT molecular complexity index is 829. The van der Waals surface area contributed by atoms with Crippen molar-refractivity contribution in [3.05, 3.63) is 59.2 Å². The number of hydrogen-bond acceptors (Lipinski definition) is 5. The quantitative estimate of drug-likeness (QED) is 0.615. The summed E-state index contributed by atoms with van der Waals surface area (Å²) in [5.74, 6) is -0.264. The summed E-state index contributed by atoms with van der Waals surface area (Å²) in [6.07, 6.45) is 1.41. The van der Waals surface area contributed by atoms with Crippen molar-refractivity contribution in [2.75, 3.05) is 14.2 Å². The maximum atomic E-state index is 12.4. The van der Waals surface area contributed by atoms with E-state index in [1.54, 1.807) is 0 Å². The number of nitrogens with zero attached hydrogens (tertiary/aromatic N) is 1. The molecule has 1 amide bonds. The highest BCUT2D eigenvalue weighted by Gasteiger charge is 2.15. The van der Waals surface area contributed by atoms with Crippen molar-refractivity contribution in [1.29, 1.82) is 5.26 Å². The van der Waals surface area contributed by atoms with Gasteiger partial charge in [0.1, 0.15) is 11.6 Å². The summed E-state index contributed by atoms with van der Waals surface area (Å²) in [5, 5.41) is 22.1. The van der Waals surface area contributed by atoms with Crippen LogP contribution in [0.25, 0.3) is 6.08 Å². The van der Waals surface area contributed by atoms with Crippen LogP contribution >= 0.6 is 0 Å². The number of hydrogen-bond donors (Lipinski definition) is 2. The number of phenolic OH excluding ortho intramolecular Hbond substituents is 1. The molecule has 2 N–H and O–H groups in total. The molecule has 6 heteroatoms. The molecular weight excluding hydrogens is 332 g/mol. The SMILES string of the molecule is COc1cc(C=C(C#N)C(=O)NC(C)c2ccccc2)cc(OC)c1O. The van der Waals surface area contributed by atoms with Crippen LogP contribution in [0.4, 0.5) is 0 Å². The van der Waals surface area contributed by atoms with Gasteiger partial charge in [-0.25, -0.2) is 0 Å². The molecule has 0 radical (unpaired) electrons. The van der Waals surface area contributed by atoms with Gasteiger partial charge >= 0.3 is 0 Å². The highest BCUT2D eigenvalue weighted by atomic mass is 16.5. The molecule has 0 bridgehead atoms. The summed E-state index contributed by atoms with van der Waals surface area (Å²) in [4.78, 5) is 12.4. The summed E-state index contributed by atoms with van der Waals surface area (Å²) >= 11 is 0. The van der Waals surface area contributed by atoms with Gasteiger partial charge < -0.3 is 19.9 Å². The van der Waals surface area contributed by atoms with Crippen LogP contribution in [-0.2, 0) is 4.79 Å². The maximum absolute atomic E-state index is 12.4. The number of phenols is 1. The second-order valence-corrected chi connectivity index (χ2v) is 5.55. The number of nitrogens with one attached hydrogen (secondary N) is 1. The zero-order chi connectivity index (χ0) is 19.1. The van der Waals surface area contributed by atoms with E-state index in [1.807, 2.05) is 43.3 Å². The molecule has 0 aliphatic heterocycles. The Balaban J connectivity index is 2.27. The van der Waals surface area contributed by atoms with Crippen LogP contribution in [0.5, 0.6) is 17.2 Å². The molecule has 2 aromatic carbocycles. The summed E-state index contributed by atoms with van der Waals surface area (Å²) < 4.78 is 10.2. The molecular formula is C20H20N2O4. The zero-order valence-electron chi connectivity index (χ0n) is 14.8. The van der Waals surface area contributed by atoms with E-state index in [1.165, 1.54) is 32.4 Å². The molecule has 0 spiro atoms. The summed E-state index contributed by atoms with van der Waals surface area (Å²) in [6.45, 7) is 1.84. The van der Waals surface area contributed by atoms with Gasteiger partial charge in [-0.1, -0.05) is 30.3 Å². The number of aromatic hydroxyl groups is 1. The first-order valence-electron chi connectivity index (χ1n) is 7.92. The molecule has 26 heavy (non-hydrogen) atoms. The lowest BCUT2D eigenvalue weighted by Gasteiger charge is -2.14. The summed E-state index contributed by atoms with van der Waals surface area (Å²) in [6, 6.07) is 14.1. The van der Waals surface area contributed by atoms with Gasteiger partial charge in [0.05, 0.1) is 20.3 Å². The topological polar surface area (TPSA) is 91.6 Å². The Labute approximate surface area is 152 Å². The molecule has 6 nitrogen and oxygen atoms in total. The van der Waals surface area contributed by atoms with Gasteiger partial charge in [0, 0.05) is 0 Å². The Morgan fingerprint density at radius 1 is 1.19 bits per heavy atom. The van der Waals surface area contributed by atoms with Crippen molar-refractivity contribution in [3.63, 3.8) is 0 Å². The van der Waals surface area contributed by atoms with E-state index in [0.29, 0.717) is 5.56 Å². The average molecular weight is 352 g/mol. The number of carbonyl (C=O) groups is 1. The second-order valence-electron chi connectivity index (χ2n) is 5.55. The zero-order valence-corrected chi connectivity index (χ0v) is 14.8. The third kappa shape index (κ3) is 4.33. The predicted molar refractivity (Wildman–Crippen MR) is 97.8 cm³/mol. The van der Waals surface area contributed by atoms with E-state index in [0.717, 1.165) is 5.56 Å². The van der Waals surface area contributed by atoms with Gasteiger partial charge in [-0.05, 0) is 36.3 Å². The number of amides is 1. The van der Waals surface area contributed by atoms with Gasteiger partial charge in [0.25, 0.3) is 5.91 Å². The second kappa shape index (κ2) is 8.58. The largest absolute Gasteiger partial charge is 0.502 e. The molecule has 1 atom stereocenters. The molecule has 2 rings (SSSR count). The molecule has 0 aliphatic rings. The van der Waals surface area contributed by atoms with E-state index in [-0.39, 0.29) is 28.9 Å². The van der Waals surface area contributed by atoms with Gasteiger partial charge in [0.2, 0.25) is 5.75 Å². The van der Waals surface area contributed by atoms with Crippen LogP contribution in [0.3, 0.4) is 0 Å². The molecule has 0 fully saturated rings. The first-order chi connectivity index (χ1) is 12.5. The van der Waals surface area contributed by atoms with Gasteiger partial charge in [-0.15, -0.1) is 0 Å². The van der Waals surface area contributed by atoms with E-state index in [9.17, 15) is 15.2 Å². The van der Waals surface area contributed by atoms with Crippen LogP contribution in [0.1, 0.15) is 24.1 Å². The van der Waals surface area contributed by atoms with E-state index in [4.69, 9.17) is 9.47 Å². The first kappa shape index (κ1) is 18.9. The number of rotatable bonds is 6. The Morgan fingerprint density at radius 2 is 1.77 bits per heavy atom. The lowest BCUT2D eigenvalue weighted by molar-refractivity contribution is -0.117. The number of methoxy groups -OCH3 is 2. The molecule has 1 unspecified atom stereocenters. The number of carbonyl (C=O) groups excluding carboxylic acids is 1. The highest BCUT2D eigenvalue weighted by Crippen LogP contribution is 2.37. The minimum atomic E-state index is -0.491. The lowest BCUT2D eigenvalue weighted by atomic mass is 10.1. The van der Waals surface area contributed by atoms with E-state index in [2.05, 4.69) is 5.32 Å². The third-order valence-corrected chi connectivity index (χ3v) is 3.83. The van der Waals surface area contributed by atoms with Crippen molar-refractivity contribution in [2.45, 2.75) is 13.0 Å². The lowest BCUT2D eigenvalue weighted by Crippen LogP contribution is -2.27. The third-order valence-electron chi connectivity index (χ3n) is 3.83. The standard InChI is InChI=1S/C20H20N2O4/c1-13(15-7-5-4-6-8-15)22-20(24)16(12-21)9-14-10-17(25-2)19(23)18(11-14)26-3/h4-11,13,23H,1-3H3,(H,22,24). The average Bonchev–Trinajstić information content (AvgIpc) is 2.67. The van der Waals surface area contributed by atoms with E-state index >= 15 is 0 Å². The molecule has 0 aromatic heterocycles. The van der Waals surface area contributed by atoms with Crippen molar-refractivity contribution in [3.8, 4) is 23.3 Å². The fourth-order valence-electron chi connectivity index (χ4n) is 2.41. The Hall–Kier alpha value is -3.46. The molecule has 0 saturated heterocycles. The van der Waals surface area contributed by atoms with Gasteiger partial charge in [0.15, 0.2) is 11.5 Å². The van der Waals surface area contributed by atoms with Crippen molar-refractivity contribution >= 4 is 12.0 Å². The van der Waals surface area contributed by atoms with Gasteiger partial charge in [-0.3, -0.25) is 4.79 Å². The minimum Gasteiger partial charge on any atom is -0.502 e. The highest BCUT2D eigenvalue weighted by molar-refractivity contribution is 6.02. The predicted octanol–water partition coefficient (Wildman–Crippen LogP) is 3.19. The first-order valence-corrected chi connectivity index (χ1v) is 7.92. The molecule has 0 heterocycles. The molecule has 0 aliphatic carbocycles. The van der Waals surface area contributed by atoms with Crippen LogP contribution in [0, 0.1) is 11.3 Å². The van der Waals surface area contributed by atoms with Crippen molar-refractivity contribution in [1.82, 2.24) is 5.32 Å². The molecule has 0 saturated carbocycles. The number of nitriles is 1. The fourth-order valence-corrected chi connectivity index (χ4v) is 2.41. The molecule has 134 valence electrons. The number of benzene rings is 2. The number of ether oxygens (including phenoxy) is 2. The Morgan fingerprint density at radius 3 is 2.27 bits per heavy atom. The van der Waals surface area contributed by atoms with Crippen LogP contribution in [0.15, 0.2) is 48.0 Å². The van der Waals surface area contributed by atoms with Crippen molar-refractivity contribution < 1.29 is 19.4 Å². The van der Waals surface area contributed by atoms with E-state index < -0.39 is 5.91 Å². The van der Waals surface area contributed by atoms with Crippen LogP contribution < -0.4 is 14.8 Å². The maximum Gasteiger partial charge on any atom is 0.262 e. The van der Waals surface area contributed by atoms with Crippen LogP contribution in [0.2, 0.25) is 0 Å². The normalized spacial score (nSPS) is 12.0.